The number of hydrogen-bond acceptors (Lipinski definition) is 4. The number of aliphatic carboxylic acids is 1. The van der Waals surface area contributed by atoms with E-state index < -0.39 is 12.6 Å². The molecule has 0 radical (unpaired) electrons. The molecule has 6 nitrogen and oxygen atoms in total. The summed E-state index contributed by atoms with van der Waals surface area (Å²) in [5, 5.41) is 12.4. The smallest absolute Gasteiger partial charge is 0.387 e. The molecule has 1 heterocycles. The maximum atomic E-state index is 12.4. The Hall–Kier alpha value is -2.48. The first-order valence-electron chi connectivity index (χ1n) is 8.41. The number of hydrogen-bond donors (Lipinski definition) is 2. The number of carbonyl (C=O) groups excluding carboxylic acids is 1. The molecule has 0 saturated heterocycles. The Bertz CT molecular complexity index is 870. The van der Waals surface area contributed by atoms with E-state index in [0.29, 0.717) is 42.1 Å². The van der Waals surface area contributed by atoms with E-state index in [-0.39, 0.29) is 28.6 Å². The molecule has 2 N–H and O–H groups in total. The van der Waals surface area contributed by atoms with Gasteiger partial charge in [-0.1, -0.05) is 11.6 Å². The number of carboxylic acid groups (broad SMARTS) is 1. The fraction of sp³-hybridized carbons (Fsp3) is 0.389. The normalized spacial score (nSPS) is 19.9. The van der Waals surface area contributed by atoms with Crippen LogP contribution in [0.5, 0.6) is 5.75 Å². The van der Waals surface area contributed by atoms with Crippen LogP contribution in [0.3, 0.4) is 0 Å². The summed E-state index contributed by atoms with van der Waals surface area (Å²) in [5.74, 6) is -1.66. The number of benzene rings is 1. The second-order valence-electron chi connectivity index (χ2n) is 6.44. The highest BCUT2D eigenvalue weighted by molar-refractivity contribution is 6.32. The van der Waals surface area contributed by atoms with Crippen LogP contribution in [0.15, 0.2) is 24.4 Å². The number of carbonyl (C=O) groups is 2. The molecule has 0 spiro atoms. The van der Waals surface area contributed by atoms with E-state index in [2.05, 4.69) is 15.0 Å². The van der Waals surface area contributed by atoms with Crippen LogP contribution in [0.4, 0.5) is 8.78 Å². The van der Waals surface area contributed by atoms with E-state index in [9.17, 15) is 18.4 Å². The van der Waals surface area contributed by atoms with Crippen LogP contribution in [-0.2, 0) is 4.79 Å². The molecule has 3 rings (SSSR count). The van der Waals surface area contributed by atoms with Gasteiger partial charge in [0.15, 0.2) is 0 Å². The Kier molecular flexibility index (Phi) is 5.74. The van der Waals surface area contributed by atoms with Crippen molar-refractivity contribution in [1.29, 1.82) is 0 Å². The molecule has 0 atom stereocenters. The average Bonchev–Trinajstić information content (AvgIpc) is 2.62. The zero-order chi connectivity index (χ0) is 19.6. The fourth-order valence-electron chi connectivity index (χ4n) is 3.19. The van der Waals surface area contributed by atoms with Crippen molar-refractivity contribution < 1.29 is 28.2 Å². The van der Waals surface area contributed by atoms with Crippen molar-refractivity contribution in [2.75, 3.05) is 0 Å². The van der Waals surface area contributed by atoms with E-state index in [1.165, 1.54) is 18.3 Å². The van der Waals surface area contributed by atoms with Crippen molar-refractivity contribution in [2.24, 2.45) is 5.92 Å². The lowest BCUT2D eigenvalue weighted by Crippen LogP contribution is -2.38. The van der Waals surface area contributed by atoms with Crippen molar-refractivity contribution in [3.63, 3.8) is 0 Å². The third kappa shape index (κ3) is 4.63. The molecule has 1 aromatic carbocycles. The van der Waals surface area contributed by atoms with Crippen LogP contribution >= 0.6 is 11.6 Å². The molecule has 9 heteroatoms. The van der Waals surface area contributed by atoms with E-state index in [0.717, 1.165) is 0 Å². The quantitative estimate of drug-likeness (QED) is 0.798. The van der Waals surface area contributed by atoms with Gasteiger partial charge in [-0.25, -0.2) is 0 Å². The minimum absolute atomic E-state index is 0.00542. The highest BCUT2D eigenvalue weighted by Gasteiger charge is 2.27. The molecule has 1 fully saturated rings. The van der Waals surface area contributed by atoms with Gasteiger partial charge >= 0.3 is 12.6 Å². The van der Waals surface area contributed by atoms with Crippen LogP contribution in [0, 0.1) is 5.92 Å². The van der Waals surface area contributed by atoms with Crippen LogP contribution in [0.25, 0.3) is 10.9 Å². The number of alkyl halides is 2. The summed E-state index contributed by atoms with van der Waals surface area (Å²) >= 11 is 5.94. The van der Waals surface area contributed by atoms with E-state index >= 15 is 0 Å². The fourth-order valence-corrected chi connectivity index (χ4v) is 3.41. The minimum atomic E-state index is -3.00. The zero-order valence-corrected chi connectivity index (χ0v) is 14.9. The van der Waals surface area contributed by atoms with Crippen molar-refractivity contribution in [3.8, 4) is 5.75 Å². The molecule has 1 saturated carbocycles. The summed E-state index contributed by atoms with van der Waals surface area (Å²) in [5.41, 5.74) is 0.676. The van der Waals surface area contributed by atoms with Gasteiger partial charge in [-0.05, 0) is 37.8 Å². The van der Waals surface area contributed by atoms with Crippen molar-refractivity contribution in [2.45, 2.75) is 38.3 Å². The van der Waals surface area contributed by atoms with Crippen molar-refractivity contribution in [3.05, 3.63) is 35.0 Å². The second kappa shape index (κ2) is 8.04. The maximum Gasteiger partial charge on any atom is 0.387 e. The molecule has 2 aromatic rings. The van der Waals surface area contributed by atoms with E-state index in [1.807, 2.05) is 0 Å². The first-order chi connectivity index (χ1) is 12.8. The van der Waals surface area contributed by atoms with Crippen molar-refractivity contribution in [1.82, 2.24) is 10.3 Å². The molecule has 1 aromatic heterocycles. The number of pyridine rings is 1. The predicted molar refractivity (Wildman–Crippen MR) is 94.2 cm³/mol. The average molecular weight is 399 g/mol. The topological polar surface area (TPSA) is 88.5 Å². The number of fused-ring (bicyclic) bond motifs is 1. The van der Waals surface area contributed by atoms with E-state index in [1.54, 1.807) is 6.07 Å². The van der Waals surface area contributed by atoms with Gasteiger partial charge in [0.05, 0.1) is 22.0 Å². The first-order valence-corrected chi connectivity index (χ1v) is 8.79. The first kappa shape index (κ1) is 19.3. The number of amides is 1. The van der Waals surface area contributed by atoms with Gasteiger partial charge in [0.1, 0.15) is 5.75 Å². The molecule has 0 unspecified atom stereocenters. The molecule has 27 heavy (non-hydrogen) atoms. The third-order valence-corrected chi connectivity index (χ3v) is 4.92. The molecule has 0 bridgehead atoms. The molecule has 1 aliphatic carbocycles. The summed E-state index contributed by atoms with van der Waals surface area (Å²) in [6.45, 7) is -3.00. The Labute approximate surface area is 158 Å². The van der Waals surface area contributed by atoms with Gasteiger partial charge in [-0.15, -0.1) is 0 Å². The Balaban J connectivity index is 1.71. The van der Waals surface area contributed by atoms with Gasteiger partial charge in [-0.2, -0.15) is 8.78 Å². The van der Waals surface area contributed by atoms with Gasteiger partial charge in [0.25, 0.3) is 5.91 Å². The molecule has 0 aliphatic heterocycles. The number of aromatic nitrogens is 1. The summed E-state index contributed by atoms with van der Waals surface area (Å²) in [6.07, 6.45) is 3.60. The molecular weight excluding hydrogens is 382 g/mol. The van der Waals surface area contributed by atoms with Crippen molar-refractivity contribution >= 4 is 34.4 Å². The lowest BCUT2D eigenvalue weighted by molar-refractivity contribution is -0.142. The highest BCUT2D eigenvalue weighted by Crippen LogP contribution is 2.31. The minimum Gasteiger partial charge on any atom is -0.481 e. The van der Waals surface area contributed by atoms with Gasteiger partial charge in [-0.3, -0.25) is 14.6 Å². The molecule has 144 valence electrons. The van der Waals surface area contributed by atoms with Crippen LogP contribution in [-0.4, -0.2) is 34.6 Å². The number of halogens is 3. The maximum absolute atomic E-state index is 12.4. The Morgan fingerprint density at radius 3 is 2.56 bits per heavy atom. The molecule has 1 aliphatic rings. The zero-order valence-electron chi connectivity index (χ0n) is 14.1. The number of ether oxygens (including phenoxy) is 1. The molecule has 1 amide bonds. The Morgan fingerprint density at radius 1 is 1.22 bits per heavy atom. The monoisotopic (exact) mass is 398 g/mol. The highest BCUT2D eigenvalue weighted by atomic mass is 35.5. The standard InChI is InChI=1S/C18H17ClF2N2O4/c19-13-6-10-5-11(8-22-14(10)7-15(13)27-18(20)21)16(24)23-12-3-1-9(2-4-12)17(25)26/h5-9,12,18H,1-4H2,(H,23,24)(H,25,26)/t9-,12-. The van der Waals surface area contributed by atoms with Gasteiger partial charge < -0.3 is 15.2 Å². The van der Waals surface area contributed by atoms with E-state index in [4.69, 9.17) is 16.7 Å². The van der Waals surface area contributed by atoms with Crippen LogP contribution in [0.1, 0.15) is 36.0 Å². The summed E-state index contributed by atoms with van der Waals surface area (Å²) in [7, 11) is 0. The SMILES string of the molecule is O=C(N[C@H]1CC[C@H](C(=O)O)CC1)c1cnc2cc(OC(F)F)c(Cl)cc2c1. The summed E-state index contributed by atoms with van der Waals surface area (Å²) in [4.78, 5) is 27.5. The number of carboxylic acids is 1. The predicted octanol–water partition coefficient (Wildman–Crippen LogP) is 3.86. The van der Waals surface area contributed by atoms with Gasteiger partial charge in [0.2, 0.25) is 0 Å². The second-order valence-corrected chi connectivity index (χ2v) is 6.85. The number of nitrogens with zero attached hydrogens (tertiary/aromatic N) is 1. The van der Waals surface area contributed by atoms with Crippen LogP contribution in [0.2, 0.25) is 5.02 Å². The number of nitrogens with one attached hydrogen (secondary N) is 1. The lowest BCUT2D eigenvalue weighted by Gasteiger charge is -2.26. The number of rotatable bonds is 5. The van der Waals surface area contributed by atoms with Crippen LogP contribution < -0.4 is 10.1 Å². The Morgan fingerprint density at radius 2 is 1.93 bits per heavy atom. The summed E-state index contributed by atoms with van der Waals surface area (Å²) < 4.78 is 29.1. The van der Waals surface area contributed by atoms with Gasteiger partial charge in [0, 0.05) is 23.7 Å². The molecular formula is C18H17ClF2N2O4. The third-order valence-electron chi connectivity index (χ3n) is 4.62. The largest absolute Gasteiger partial charge is 0.481 e. The summed E-state index contributed by atoms with van der Waals surface area (Å²) in [6, 6.07) is 4.18. The lowest BCUT2D eigenvalue weighted by atomic mass is 9.86.